The largest absolute Gasteiger partial charge is 0.496 e. The minimum atomic E-state index is -0.291. The van der Waals surface area contributed by atoms with E-state index in [1.54, 1.807) is 20.2 Å². The van der Waals surface area contributed by atoms with Crippen LogP contribution < -0.4 is 10.1 Å². The number of oxazole rings is 1. The lowest BCUT2D eigenvalue weighted by Gasteiger charge is -2.07. The van der Waals surface area contributed by atoms with E-state index in [1.807, 2.05) is 6.92 Å². The number of anilines is 1. The average Bonchev–Trinajstić information content (AvgIpc) is 2.71. The monoisotopic (exact) mass is 250 g/mol. The molecule has 1 heterocycles. The molecule has 2 aromatic rings. The molecule has 0 bridgehead atoms. The van der Waals surface area contributed by atoms with Crippen LogP contribution in [-0.2, 0) is 6.42 Å². The van der Waals surface area contributed by atoms with Gasteiger partial charge in [-0.15, -0.1) is 0 Å². The Morgan fingerprint density at radius 1 is 1.44 bits per heavy atom. The number of hydrogen-bond donors (Lipinski definition) is 1. The zero-order valence-electron chi connectivity index (χ0n) is 10.6. The van der Waals surface area contributed by atoms with Crippen molar-refractivity contribution in [1.29, 1.82) is 0 Å². The number of nitrogens with one attached hydrogen (secondary N) is 1. The fraction of sp³-hybridized carbons (Fsp3) is 0.308. The second-order valence-electron chi connectivity index (χ2n) is 3.90. The zero-order valence-corrected chi connectivity index (χ0v) is 10.6. The molecule has 2 rings (SSSR count). The summed E-state index contributed by atoms with van der Waals surface area (Å²) in [6.07, 6.45) is 0.470. The van der Waals surface area contributed by atoms with Crippen LogP contribution in [0.2, 0.25) is 0 Å². The third kappa shape index (κ3) is 2.45. The maximum absolute atomic E-state index is 13.2. The number of aryl methyl sites for hydroxylation is 1. The van der Waals surface area contributed by atoms with E-state index in [0.717, 1.165) is 11.3 Å². The van der Waals surface area contributed by atoms with Crippen LogP contribution in [0.3, 0.4) is 0 Å². The summed E-state index contributed by atoms with van der Waals surface area (Å²) in [7, 11) is 3.29. The van der Waals surface area contributed by atoms with Crippen molar-refractivity contribution < 1.29 is 13.5 Å². The highest BCUT2D eigenvalue weighted by Gasteiger charge is 2.12. The Bertz CT molecular complexity index is 552. The van der Waals surface area contributed by atoms with Crippen LogP contribution >= 0.6 is 0 Å². The Labute approximate surface area is 105 Å². The van der Waals surface area contributed by atoms with Crippen molar-refractivity contribution in [3.05, 3.63) is 41.0 Å². The normalized spacial score (nSPS) is 10.4. The lowest BCUT2D eigenvalue weighted by atomic mass is 10.1. The van der Waals surface area contributed by atoms with E-state index >= 15 is 0 Å². The smallest absolute Gasteiger partial charge is 0.294 e. The van der Waals surface area contributed by atoms with Gasteiger partial charge < -0.3 is 14.5 Å². The minimum Gasteiger partial charge on any atom is -0.496 e. The number of benzene rings is 1. The molecule has 18 heavy (non-hydrogen) atoms. The fourth-order valence-corrected chi connectivity index (χ4v) is 1.76. The molecule has 96 valence electrons. The Kier molecular flexibility index (Phi) is 3.50. The SMILES string of the molecule is CNc1nc(Cc2cc(F)ccc2OC)c(C)o1. The van der Waals surface area contributed by atoms with Gasteiger partial charge >= 0.3 is 0 Å². The van der Waals surface area contributed by atoms with E-state index in [4.69, 9.17) is 9.15 Å². The predicted octanol–water partition coefficient (Wildman–Crippen LogP) is 2.76. The first-order valence-electron chi connectivity index (χ1n) is 5.60. The van der Waals surface area contributed by atoms with E-state index in [2.05, 4.69) is 10.3 Å². The molecule has 0 aliphatic rings. The first-order chi connectivity index (χ1) is 8.63. The molecule has 4 nitrogen and oxygen atoms in total. The van der Waals surface area contributed by atoms with E-state index < -0.39 is 0 Å². The molecule has 0 aliphatic carbocycles. The van der Waals surface area contributed by atoms with Crippen LogP contribution in [-0.4, -0.2) is 19.1 Å². The minimum absolute atomic E-state index is 0.291. The molecule has 0 saturated carbocycles. The van der Waals surface area contributed by atoms with Crippen molar-refractivity contribution in [3.8, 4) is 5.75 Å². The lowest BCUT2D eigenvalue weighted by molar-refractivity contribution is 0.409. The van der Waals surface area contributed by atoms with Crippen LogP contribution in [0.15, 0.2) is 22.6 Å². The number of rotatable bonds is 4. The molecule has 0 radical (unpaired) electrons. The molecular formula is C13H15FN2O2. The van der Waals surface area contributed by atoms with Crippen LogP contribution in [0.25, 0.3) is 0 Å². The van der Waals surface area contributed by atoms with Gasteiger partial charge in [-0.1, -0.05) is 0 Å². The highest BCUT2D eigenvalue weighted by atomic mass is 19.1. The first kappa shape index (κ1) is 12.4. The molecule has 0 atom stereocenters. The fourth-order valence-electron chi connectivity index (χ4n) is 1.76. The third-order valence-corrected chi connectivity index (χ3v) is 2.71. The van der Waals surface area contributed by atoms with Gasteiger partial charge in [-0.3, -0.25) is 0 Å². The zero-order chi connectivity index (χ0) is 13.1. The average molecular weight is 250 g/mol. The van der Waals surface area contributed by atoms with Gasteiger partial charge in [0.25, 0.3) is 6.01 Å². The standard InChI is InChI=1S/C13H15FN2O2/c1-8-11(16-13(15-2)18-8)7-9-6-10(14)4-5-12(9)17-3/h4-6H,7H2,1-3H3,(H,15,16). The van der Waals surface area contributed by atoms with E-state index in [1.165, 1.54) is 12.1 Å². The Hall–Kier alpha value is -2.04. The van der Waals surface area contributed by atoms with Gasteiger partial charge in [0, 0.05) is 19.0 Å². The third-order valence-electron chi connectivity index (χ3n) is 2.71. The van der Waals surface area contributed by atoms with Crippen molar-refractivity contribution >= 4 is 6.01 Å². The molecule has 0 spiro atoms. The van der Waals surface area contributed by atoms with Crippen molar-refractivity contribution in [3.63, 3.8) is 0 Å². The second kappa shape index (κ2) is 5.08. The number of methoxy groups -OCH3 is 1. The molecule has 1 N–H and O–H groups in total. The summed E-state index contributed by atoms with van der Waals surface area (Å²) < 4.78 is 23.8. The Morgan fingerprint density at radius 3 is 2.83 bits per heavy atom. The summed E-state index contributed by atoms with van der Waals surface area (Å²) in [4.78, 5) is 4.27. The van der Waals surface area contributed by atoms with Crippen molar-refractivity contribution in [2.75, 3.05) is 19.5 Å². The van der Waals surface area contributed by atoms with Gasteiger partial charge in [0.15, 0.2) is 0 Å². The molecule has 1 aromatic heterocycles. The molecular weight excluding hydrogens is 235 g/mol. The summed E-state index contributed by atoms with van der Waals surface area (Å²) in [5.41, 5.74) is 1.51. The van der Waals surface area contributed by atoms with Crippen LogP contribution in [0, 0.1) is 12.7 Å². The molecule has 5 heteroatoms. The highest BCUT2D eigenvalue weighted by Crippen LogP contribution is 2.24. The highest BCUT2D eigenvalue weighted by molar-refractivity contribution is 5.38. The van der Waals surface area contributed by atoms with Crippen LogP contribution in [0.1, 0.15) is 17.0 Å². The molecule has 0 fully saturated rings. The summed E-state index contributed by atoms with van der Waals surface area (Å²) >= 11 is 0. The molecule has 1 aromatic carbocycles. The Morgan fingerprint density at radius 2 is 2.22 bits per heavy atom. The first-order valence-corrected chi connectivity index (χ1v) is 5.60. The van der Waals surface area contributed by atoms with Crippen molar-refractivity contribution in [1.82, 2.24) is 4.98 Å². The maximum Gasteiger partial charge on any atom is 0.294 e. The second-order valence-corrected chi connectivity index (χ2v) is 3.90. The van der Waals surface area contributed by atoms with E-state index in [-0.39, 0.29) is 5.82 Å². The van der Waals surface area contributed by atoms with Gasteiger partial charge in [-0.2, -0.15) is 4.98 Å². The quantitative estimate of drug-likeness (QED) is 0.906. The molecule has 0 unspecified atom stereocenters. The van der Waals surface area contributed by atoms with Crippen molar-refractivity contribution in [2.24, 2.45) is 0 Å². The lowest BCUT2D eigenvalue weighted by Crippen LogP contribution is -1.97. The molecule has 0 saturated heterocycles. The summed E-state index contributed by atoms with van der Waals surface area (Å²) in [5.74, 6) is 1.07. The topological polar surface area (TPSA) is 47.3 Å². The van der Waals surface area contributed by atoms with E-state index in [9.17, 15) is 4.39 Å². The molecule has 0 amide bonds. The van der Waals surface area contributed by atoms with Gasteiger partial charge in [-0.05, 0) is 25.1 Å². The summed E-state index contributed by atoms with van der Waals surface area (Å²) in [5, 5.41) is 2.83. The van der Waals surface area contributed by atoms with Crippen molar-refractivity contribution in [2.45, 2.75) is 13.3 Å². The number of ether oxygens (including phenoxy) is 1. The number of halogens is 1. The maximum atomic E-state index is 13.2. The van der Waals surface area contributed by atoms with Crippen LogP contribution in [0.4, 0.5) is 10.4 Å². The van der Waals surface area contributed by atoms with Gasteiger partial charge in [0.1, 0.15) is 17.3 Å². The number of aromatic nitrogens is 1. The summed E-state index contributed by atoms with van der Waals surface area (Å²) in [6, 6.07) is 4.89. The number of hydrogen-bond acceptors (Lipinski definition) is 4. The van der Waals surface area contributed by atoms with E-state index in [0.29, 0.717) is 23.9 Å². The molecule has 0 aliphatic heterocycles. The van der Waals surface area contributed by atoms with Gasteiger partial charge in [-0.25, -0.2) is 4.39 Å². The van der Waals surface area contributed by atoms with Gasteiger partial charge in [0.2, 0.25) is 0 Å². The van der Waals surface area contributed by atoms with Gasteiger partial charge in [0.05, 0.1) is 12.8 Å². The number of nitrogens with zero attached hydrogens (tertiary/aromatic N) is 1. The Balaban J connectivity index is 2.32. The van der Waals surface area contributed by atoms with Crippen LogP contribution in [0.5, 0.6) is 5.75 Å². The summed E-state index contributed by atoms with van der Waals surface area (Å²) in [6.45, 7) is 1.83. The predicted molar refractivity (Wildman–Crippen MR) is 66.5 cm³/mol.